The van der Waals surface area contributed by atoms with Crippen molar-refractivity contribution in [1.82, 2.24) is 0 Å². The van der Waals surface area contributed by atoms with Gasteiger partial charge < -0.3 is 14.2 Å². The average molecular weight is 342 g/mol. The SMILES string of the molecule is COc1cccc(OC)c1C(=O)O[C@H](C)C(=O)c1ccc(C)c(C)c1. The maximum absolute atomic E-state index is 12.5. The lowest BCUT2D eigenvalue weighted by atomic mass is 10.0. The van der Waals surface area contributed by atoms with Crippen LogP contribution in [0.15, 0.2) is 36.4 Å². The molecule has 0 aliphatic carbocycles. The van der Waals surface area contributed by atoms with Crippen molar-refractivity contribution < 1.29 is 23.8 Å². The number of carbonyl (C=O) groups is 2. The highest BCUT2D eigenvalue weighted by atomic mass is 16.6. The molecule has 0 bridgehead atoms. The molecule has 0 radical (unpaired) electrons. The van der Waals surface area contributed by atoms with E-state index in [1.807, 2.05) is 19.9 Å². The highest BCUT2D eigenvalue weighted by molar-refractivity contribution is 6.02. The van der Waals surface area contributed by atoms with Gasteiger partial charge in [-0.15, -0.1) is 0 Å². The highest BCUT2D eigenvalue weighted by Crippen LogP contribution is 2.29. The van der Waals surface area contributed by atoms with Crippen LogP contribution in [0.1, 0.15) is 38.8 Å². The van der Waals surface area contributed by atoms with Crippen LogP contribution in [0.3, 0.4) is 0 Å². The van der Waals surface area contributed by atoms with Gasteiger partial charge in [0.25, 0.3) is 0 Å². The van der Waals surface area contributed by atoms with Gasteiger partial charge in [0.15, 0.2) is 6.10 Å². The zero-order valence-electron chi connectivity index (χ0n) is 15.1. The number of hydrogen-bond donors (Lipinski definition) is 0. The normalized spacial score (nSPS) is 11.6. The quantitative estimate of drug-likeness (QED) is 0.591. The van der Waals surface area contributed by atoms with Crippen molar-refractivity contribution in [1.29, 1.82) is 0 Å². The zero-order valence-corrected chi connectivity index (χ0v) is 15.1. The minimum atomic E-state index is -0.927. The minimum absolute atomic E-state index is 0.159. The molecular formula is C20H22O5. The third-order valence-corrected chi connectivity index (χ3v) is 4.08. The van der Waals surface area contributed by atoms with E-state index in [4.69, 9.17) is 14.2 Å². The smallest absolute Gasteiger partial charge is 0.346 e. The molecule has 0 spiro atoms. The number of ether oxygens (including phenoxy) is 3. The highest BCUT2D eigenvalue weighted by Gasteiger charge is 2.25. The molecule has 0 N–H and O–H groups in total. The first-order valence-electron chi connectivity index (χ1n) is 7.92. The standard InChI is InChI=1S/C20H22O5/c1-12-9-10-15(11-13(12)2)19(21)14(3)25-20(22)18-16(23-4)7-6-8-17(18)24-5/h6-11,14H,1-5H3/t14-/m1/s1. The number of ketones is 1. The molecule has 0 aliphatic rings. The van der Waals surface area contributed by atoms with Crippen LogP contribution in [-0.2, 0) is 4.74 Å². The molecule has 2 aromatic rings. The van der Waals surface area contributed by atoms with E-state index in [1.165, 1.54) is 14.2 Å². The van der Waals surface area contributed by atoms with Crippen molar-refractivity contribution in [3.8, 4) is 11.5 Å². The van der Waals surface area contributed by atoms with Gasteiger partial charge in [-0.05, 0) is 50.1 Å². The second-order valence-electron chi connectivity index (χ2n) is 5.75. The molecule has 25 heavy (non-hydrogen) atoms. The van der Waals surface area contributed by atoms with Crippen LogP contribution in [0.25, 0.3) is 0 Å². The van der Waals surface area contributed by atoms with Crippen molar-refractivity contribution in [2.75, 3.05) is 14.2 Å². The van der Waals surface area contributed by atoms with E-state index >= 15 is 0 Å². The first-order valence-corrected chi connectivity index (χ1v) is 7.92. The summed E-state index contributed by atoms with van der Waals surface area (Å²) >= 11 is 0. The third kappa shape index (κ3) is 3.99. The van der Waals surface area contributed by atoms with Gasteiger partial charge in [-0.25, -0.2) is 4.79 Å². The van der Waals surface area contributed by atoms with Gasteiger partial charge in [0.05, 0.1) is 14.2 Å². The molecule has 2 aromatic carbocycles. The van der Waals surface area contributed by atoms with E-state index in [9.17, 15) is 9.59 Å². The number of methoxy groups -OCH3 is 2. The van der Waals surface area contributed by atoms with Crippen LogP contribution < -0.4 is 9.47 Å². The van der Waals surface area contributed by atoms with E-state index in [2.05, 4.69) is 0 Å². The summed E-state index contributed by atoms with van der Waals surface area (Å²) in [5, 5.41) is 0. The lowest BCUT2D eigenvalue weighted by molar-refractivity contribution is 0.0312. The molecule has 132 valence electrons. The van der Waals surface area contributed by atoms with E-state index in [1.54, 1.807) is 37.3 Å². The maximum atomic E-state index is 12.5. The third-order valence-electron chi connectivity index (χ3n) is 4.08. The molecule has 0 aliphatic heterocycles. The van der Waals surface area contributed by atoms with Crippen molar-refractivity contribution >= 4 is 11.8 Å². The first-order chi connectivity index (χ1) is 11.9. The Bertz CT molecular complexity index is 772. The first kappa shape index (κ1) is 18.5. The summed E-state index contributed by atoms with van der Waals surface area (Å²) in [4.78, 5) is 25.1. The van der Waals surface area contributed by atoms with E-state index in [0.717, 1.165) is 11.1 Å². The summed E-state index contributed by atoms with van der Waals surface area (Å²) in [7, 11) is 2.91. The topological polar surface area (TPSA) is 61.8 Å². The Balaban J connectivity index is 2.23. The summed E-state index contributed by atoms with van der Waals surface area (Å²) in [6.07, 6.45) is -0.927. The van der Waals surface area contributed by atoms with Gasteiger partial charge in [0.2, 0.25) is 5.78 Å². The van der Waals surface area contributed by atoms with Crippen LogP contribution in [0.2, 0.25) is 0 Å². The van der Waals surface area contributed by atoms with Crippen molar-refractivity contribution in [2.24, 2.45) is 0 Å². The number of benzene rings is 2. The Hall–Kier alpha value is -2.82. The molecule has 1 atom stereocenters. The predicted molar refractivity (Wildman–Crippen MR) is 94.7 cm³/mol. The van der Waals surface area contributed by atoms with Crippen molar-refractivity contribution in [3.05, 3.63) is 58.7 Å². The summed E-state index contributed by atoms with van der Waals surface area (Å²) in [5.74, 6) is -0.269. The molecule has 0 unspecified atom stereocenters. The van der Waals surface area contributed by atoms with Crippen LogP contribution in [0.4, 0.5) is 0 Å². The van der Waals surface area contributed by atoms with Crippen molar-refractivity contribution in [3.63, 3.8) is 0 Å². The fraction of sp³-hybridized carbons (Fsp3) is 0.300. The summed E-state index contributed by atoms with van der Waals surface area (Å²) < 4.78 is 15.8. The van der Waals surface area contributed by atoms with Crippen LogP contribution in [0, 0.1) is 13.8 Å². The second kappa shape index (κ2) is 7.83. The van der Waals surface area contributed by atoms with Crippen LogP contribution in [0.5, 0.6) is 11.5 Å². The molecule has 5 heteroatoms. The average Bonchev–Trinajstić information content (AvgIpc) is 2.62. The minimum Gasteiger partial charge on any atom is -0.496 e. The van der Waals surface area contributed by atoms with Crippen LogP contribution in [-0.4, -0.2) is 32.1 Å². The van der Waals surface area contributed by atoms with Gasteiger partial charge in [-0.1, -0.05) is 18.2 Å². The Kier molecular flexibility index (Phi) is 5.80. The summed E-state index contributed by atoms with van der Waals surface area (Å²) in [6, 6.07) is 10.4. The lowest BCUT2D eigenvalue weighted by Crippen LogP contribution is -2.25. The number of hydrogen-bond acceptors (Lipinski definition) is 5. The predicted octanol–water partition coefficient (Wildman–Crippen LogP) is 3.75. The zero-order chi connectivity index (χ0) is 18.6. The van der Waals surface area contributed by atoms with Gasteiger partial charge in [-0.3, -0.25) is 4.79 Å². The maximum Gasteiger partial charge on any atom is 0.346 e. The number of aryl methyl sites for hydroxylation is 2. The number of Topliss-reactive ketones (excluding diaryl/α,β-unsaturated/α-hetero) is 1. The van der Waals surface area contributed by atoms with Gasteiger partial charge in [-0.2, -0.15) is 0 Å². The molecule has 0 saturated carbocycles. The number of carbonyl (C=O) groups excluding carboxylic acids is 2. The molecule has 0 fully saturated rings. The largest absolute Gasteiger partial charge is 0.496 e. The number of rotatable bonds is 6. The fourth-order valence-electron chi connectivity index (χ4n) is 2.45. The Morgan fingerprint density at radius 1 is 0.920 bits per heavy atom. The fourth-order valence-corrected chi connectivity index (χ4v) is 2.45. The molecule has 0 saturated heterocycles. The van der Waals surface area contributed by atoms with E-state index < -0.39 is 12.1 Å². The molecule has 5 nitrogen and oxygen atoms in total. The lowest BCUT2D eigenvalue weighted by Gasteiger charge is -2.16. The number of esters is 1. The van der Waals surface area contributed by atoms with Gasteiger partial charge in [0.1, 0.15) is 17.1 Å². The Morgan fingerprint density at radius 3 is 2.04 bits per heavy atom. The molecule has 2 rings (SSSR count). The van der Waals surface area contributed by atoms with Crippen molar-refractivity contribution in [2.45, 2.75) is 26.9 Å². The Labute approximate surface area is 147 Å². The second-order valence-corrected chi connectivity index (χ2v) is 5.75. The monoisotopic (exact) mass is 342 g/mol. The van der Waals surface area contributed by atoms with Crippen LogP contribution >= 0.6 is 0 Å². The van der Waals surface area contributed by atoms with Gasteiger partial charge in [0, 0.05) is 5.56 Å². The molecule has 0 amide bonds. The van der Waals surface area contributed by atoms with E-state index in [0.29, 0.717) is 17.1 Å². The molecule has 0 heterocycles. The van der Waals surface area contributed by atoms with Gasteiger partial charge >= 0.3 is 5.97 Å². The Morgan fingerprint density at radius 2 is 1.52 bits per heavy atom. The van der Waals surface area contributed by atoms with E-state index in [-0.39, 0.29) is 11.3 Å². The molecule has 0 aromatic heterocycles. The summed E-state index contributed by atoms with van der Waals surface area (Å²) in [6.45, 7) is 5.46. The molecular weight excluding hydrogens is 320 g/mol. The summed E-state index contributed by atoms with van der Waals surface area (Å²) in [5.41, 5.74) is 2.78.